The van der Waals surface area contributed by atoms with E-state index in [1.165, 1.54) is 0 Å². The van der Waals surface area contributed by atoms with Crippen LogP contribution in [0.2, 0.25) is 0 Å². The highest BCUT2D eigenvalue weighted by Gasteiger charge is 2.27. The summed E-state index contributed by atoms with van der Waals surface area (Å²) in [6.07, 6.45) is 3.89. The lowest BCUT2D eigenvalue weighted by molar-refractivity contribution is -0.128. The molecular weight excluding hydrogens is 214 g/mol. The highest BCUT2D eigenvalue weighted by molar-refractivity contribution is 5.83. The number of unbranched alkanes of at least 4 members (excludes halogenated alkanes) is 1. The van der Waals surface area contributed by atoms with Crippen molar-refractivity contribution in [1.29, 1.82) is 5.26 Å². The van der Waals surface area contributed by atoms with Gasteiger partial charge in [-0.05, 0) is 39.7 Å². The van der Waals surface area contributed by atoms with Crippen LogP contribution in [0.4, 0.5) is 0 Å². The van der Waals surface area contributed by atoms with Gasteiger partial charge in [0.1, 0.15) is 0 Å². The van der Waals surface area contributed by atoms with Crippen molar-refractivity contribution in [3.05, 3.63) is 0 Å². The van der Waals surface area contributed by atoms with Gasteiger partial charge in [-0.25, -0.2) is 0 Å². The van der Waals surface area contributed by atoms with Crippen LogP contribution in [0, 0.1) is 16.7 Å². The number of hydrogen-bond acceptors (Lipinski definition) is 3. The Kier molecular flexibility index (Phi) is 4.95. The molecule has 1 fully saturated rings. The van der Waals surface area contributed by atoms with E-state index in [-0.39, 0.29) is 17.4 Å². The number of likely N-dealkylation sites (tertiary alicyclic amines) is 1. The average molecular weight is 237 g/mol. The summed E-state index contributed by atoms with van der Waals surface area (Å²) in [4.78, 5) is 13.4. The smallest absolute Gasteiger partial charge is 0.239 e. The zero-order valence-corrected chi connectivity index (χ0v) is 11.1. The van der Waals surface area contributed by atoms with E-state index < -0.39 is 0 Å². The van der Waals surface area contributed by atoms with Crippen LogP contribution in [0.5, 0.6) is 0 Å². The van der Waals surface area contributed by atoms with Crippen LogP contribution < -0.4 is 5.32 Å². The van der Waals surface area contributed by atoms with Crippen molar-refractivity contribution in [2.45, 2.75) is 45.6 Å². The summed E-state index contributed by atoms with van der Waals surface area (Å²) >= 11 is 0. The third kappa shape index (κ3) is 4.35. The van der Waals surface area contributed by atoms with Crippen LogP contribution in [0.1, 0.15) is 39.5 Å². The Morgan fingerprint density at radius 1 is 1.53 bits per heavy atom. The number of nitriles is 1. The minimum atomic E-state index is -0.219. The molecule has 0 saturated carbocycles. The minimum Gasteiger partial charge on any atom is -0.344 e. The van der Waals surface area contributed by atoms with Crippen molar-refractivity contribution in [1.82, 2.24) is 10.2 Å². The predicted octanol–water partition coefficient (Wildman–Crippen LogP) is 1.53. The van der Waals surface area contributed by atoms with E-state index in [1.54, 1.807) is 4.90 Å². The number of likely N-dealkylation sites (N-methyl/N-ethyl adjacent to an activating group) is 1. The van der Waals surface area contributed by atoms with Crippen molar-refractivity contribution in [3.63, 3.8) is 0 Å². The van der Waals surface area contributed by atoms with Crippen molar-refractivity contribution in [2.75, 3.05) is 20.1 Å². The van der Waals surface area contributed by atoms with Crippen molar-refractivity contribution in [2.24, 2.45) is 5.41 Å². The fourth-order valence-corrected chi connectivity index (χ4v) is 2.04. The first-order chi connectivity index (χ1) is 7.96. The van der Waals surface area contributed by atoms with Gasteiger partial charge in [0.05, 0.1) is 17.5 Å². The Morgan fingerprint density at radius 2 is 2.24 bits per heavy atom. The third-order valence-corrected chi connectivity index (χ3v) is 3.35. The SMILES string of the molecule is CN1CCC(NCCCCC(C)(C)C#N)C1=O. The Hall–Kier alpha value is -1.08. The van der Waals surface area contributed by atoms with E-state index in [4.69, 9.17) is 5.26 Å². The summed E-state index contributed by atoms with van der Waals surface area (Å²) < 4.78 is 0. The molecule has 96 valence electrons. The average Bonchev–Trinajstić information content (AvgIpc) is 2.60. The highest BCUT2D eigenvalue weighted by atomic mass is 16.2. The number of carbonyl (C=O) groups is 1. The van der Waals surface area contributed by atoms with Gasteiger partial charge in [0, 0.05) is 13.6 Å². The van der Waals surface area contributed by atoms with Crippen LogP contribution in [0.15, 0.2) is 0 Å². The Bertz CT molecular complexity index is 306. The second-order valence-electron chi connectivity index (χ2n) is 5.51. The molecule has 1 heterocycles. The first kappa shape index (κ1) is 14.0. The molecule has 1 aliphatic rings. The molecule has 0 aliphatic carbocycles. The number of amides is 1. The maximum Gasteiger partial charge on any atom is 0.239 e. The van der Waals surface area contributed by atoms with Crippen LogP contribution in [0.25, 0.3) is 0 Å². The molecular formula is C13H23N3O. The largest absolute Gasteiger partial charge is 0.344 e. The monoisotopic (exact) mass is 237 g/mol. The van der Waals surface area contributed by atoms with Gasteiger partial charge >= 0.3 is 0 Å². The molecule has 1 saturated heterocycles. The van der Waals surface area contributed by atoms with Gasteiger partial charge in [0.15, 0.2) is 0 Å². The molecule has 4 nitrogen and oxygen atoms in total. The Morgan fingerprint density at radius 3 is 2.76 bits per heavy atom. The Labute approximate surface area is 104 Å². The van der Waals surface area contributed by atoms with Crippen LogP contribution in [-0.2, 0) is 4.79 Å². The molecule has 1 atom stereocenters. The number of nitrogens with one attached hydrogen (secondary N) is 1. The summed E-state index contributed by atoms with van der Waals surface area (Å²) in [6.45, 7) is 5.66. The van der Waals surface area contributed by atoms with Crippen LogP contribution in [-0.4, -0.2) is 37.0 Å². The lowest BCUT2D eigenvalue weighted by Crippen LogP contribution is -2.37. The van der Waals surface area contributed by atoms with Crippen molar-refractivity contribution in [3.8, 4) is 6.07 Å². The lowest BCUT2D eigenvalue weighted by Gasteiger charge is -2.15. The quantitative estimate of drug-likeness (QED) is 0.713. The second-order valence-corrected chi connectivity index (χ2v) is 5.51. The molecule has 1 N–H and O–H groups in total. The second kappa shape index (κ2) is 6.02. The molecule has 1 unspecified atom stereocenters. The number of nitrogens with zero attached hydrogens (tertiary/aromatic N) is 2. The fraction of sp³-hybridized carbons (Fsp3) is 0.846. The molecule has 0 bridgehead atoms. The van der Waals surface area contributed by atoms with Crippen molar-refractivity contribution >= 4 is 5.91 Å². The van der Waals surface area contributed by atoms with Crippen LogP contribution in [0.3, 0.4) is 0 Å². The molecule has 1 aliphatic heterocycles. The van der Waals surface area contributed by atoms with Gasteiger partial charge in [-0.2, -0.15) is 5.26 Å². The first-order valence-corrected chi connectivity index (χ1v) is 6.36. The molecule has 0 spiro atoms. The molecule has 4 heteroatoms. The predicted molar refractivity (Wildman–Crippen MR) is 67.3 cm³/mol. The lowest BCUT2D eigenvalue weighted by atomic mass is 9.89. The van der Waals surface area contributed by atoms with E-state index >= 15 is 0 Å². The summed E-state index contributed by atoms with van der Waals surface area (Å²) in [6, 6.07) is 2.32. The van der Waals surface area contributed by atoms with Gasteiger partial charge in [0.25, 0.3) is 0 Å². The van der Waals surface area contributed by atoms with E-state index in [2.05, 4.69) is 11.4 Å². The fourth-order valence-electron chi connectivity index (χ4n) is 2.04. The standard InChI is InChI=1S/C13H23N3O/c1-13(2,10-14)7-4-5-8-15-11-6-9-16(3)12(11)17/h11,15H,4-9H2,1-3H3. The number of rotatable bonds is 6. The molecule has 0 aromatic carbocycles. The summed E-state index contributed by atoms with van der Waals surface area (Å²) in [5, 5.41) is 12.2. The maximum atomic E-state index is 11.6. The third-order valence-electron chi connectivity index (χ3n) is 3.35. The van der Waals surface area contributed by atoms with E-state index in [1.807, 2.05) is 20.9 Å². The first-order valence-electron chi connectivity index (χ1n) is 6.36. The molecule has 0 radical (unpaired) electrons. The number of carbonyl (C=O) groups excluding carboxylic acids is 1. The van der Waals surface area contributed by atoms with Crippen molar-refractivity contribution < 1.29 is 4.79 Å². The molecule has 0 aromatic heterocycles. The van der Waals surface area contributed by atoms with Gasteiger partial charge < -0.3 is 10.2 Å². The minimum absolute atomic E-state index is 0.0176. The molecule has 0 aromatic rings. The zero-order chi connectivity index (χ0) is 12.9. The maximum absolute atomic E-state index is 11.6. The van der Waals surface area contributed by atoms with Gasteiger partial charge in [-0.1, -0.05) is 6.42 Å². The Balaban J connectivity index is 2.10. The normalized spacial score (nSPS) is 20.7. The highest BCUT2D eigenvalue weighted by Crippen LogP contribution is 2.21. The molecule has 1 rings (SSSR count). The number of hydrogen-bond donors (Lipinski definition) is 1. The molecule has 1 amide bonds. The van der Waals surface area contributed by atoms with E-state index in [0.717, 1.165) is 38.8 Å². The molecule has 17 heavy (non-hydrogen) atoms. The topological polar surface area (TPSA) is 56.1 Å². The zero-order valence-electron chi connectivity index (χ0n) is 11.1. The van der Waals surface area contributed by atoms with Gasteiger partial charge in [0.2, 0.25) is 5.91 Å². The van der Waals surface area contributed by atoms with Crippen LogP contribution >= 0.6 is 0 Å². The van der Waals surface area contributed by atoms with E-state index in [0.29, 0.717) is 0 Å². The van der Waals surface area contributed by atoms with Gasteiger partial charge in [-0.3, -0.25) is 4.79 Å². The van der Waals surface area contributed by atoms with E-state index in [9.17, 15) is 4.79 Å². The summed E-state index contributed by atoms with van der Waals surface area (Å²) in [7, 11) is 1.85. The van der Waals surface area contributed by atoms with Gasteiger partial charge in [-0.15, -0.1) is 0 Å². The summed E-state index contributed by atoms with van der Waals surface area (Å²) in [5.74, 6) is 0.211. The summed E-state index contributed by atoms with van der Waals surface area (Å²) in [5.41, 5.74) is -0.219.